The van der Waals surface area contributed by atoms with Crippen molar-refractivity contribution >= 4 is 44.0 Å². The Morgan fingerprint density at radius 1 is 1.33 bits per heavy atom. The molecule has 3 aliphatic rings. The summed E-state index contributed by atoms with van der Waals surface area (Å²) in [5.41, 5.74) is 0. The van der Waals surface area contributed by atoms with Crippen molar-refractivity contribution in [3.63, 3.8) is 0 Å². The lowest BCUT2D eigenvalue weighted by Gasteiger charge is -2.21. The Labute approximate surface area is 134 Å². The molecule has 2 saturated heterocycles. The molecule has 0 N–H and O–H groups in total. The Morgan fingerprint density at radius 2 is 2.14 bits per heavy atom. The largest absolute Gasteiger partial charge is 0.289 e. The molecule has 1 aliphatic carbocycles. The van der Waals surface area contributed by atoms with Gasteiger partial charge in [-0.2, -0.15) is 0 Å². The summed E-state index contributed by atoms with van der Waals surface area (Å²) in [5.74, 6) is 0.471. The molecule has 0 spiro atoms. The number of amides is 1. The van der Waals surface area contributed by atoms with E-state index in [-0.39, 0.29) is 23.5 Å². The molecule has 3 rings (SSSR count). The third kappa shape index (κ3) is 3.24. The number of thioether (sulfide) groups is 1. The van der Waals surface area contributed by atoms with Crippen LogP contribution < -0.4 is 0 Å². The van der Waals surface area contributed by atoms with Gasteiger partial charge in [0.15, 0.2) is 9.84 Å². The molecule has 114 valence electrons. The van der Waals surface area contributed by atoms with Crippen molar-refractivity contribution in [1.29, 1.82) is 0 Å². The molecule has 2 atom stereocenters. The van der Waals surface area contributed by atoms with E-state index in [1.54, 1.807) is 0 Å². The summed E-state index contributed by atoms with van der Waals surface area (Å²) < 4.78 is 23.7. The predicted octanol–water partition coefficient (Wildman–Crippen LogP) is 2.27. The fourth-order valence-electron chi connectivity index (χ4n) is 2.97. The van der Waals surface area contributed by atoms with Crippen LogP contribution >= 0.6 is 24.0 Å². The minimum atomic E-state index is -3.02. The first-order valence-corrected chi connectivity index (χ1v) is 10.1. The van der Waals surface area contributed by atoms with Gasteiger partial charge in [-0.3, -0.25) is 9.69 Å². The highest BCUT2D eigenvalue weighted by molar-refractivity contribution is 8.26. The highest BCUT2D eigenvalue weighted by Crippen LogP contribution is 2.37. The molecule has 0 bridgehead atoms. The second-order valence-electron chi connectivity index (χ2n) is 5.68. The Morgan fingerprint density at radius 3 is 2.76 bits per heavy atom. The van der Waals surface area contributed by atoms with Crippen molar-refractivity contribution in [3.05, 3.63) is 23.1 Å². The van der Waals surface area contributed by atoms with Gasteiger partial charge in [-0.25, -0.2) is 8.42 Å². The number of carbonyl (C=O) groups is 1. The standard InChI is InChI=1S/C14H17NO3S3/c16-13-12(8-10-4-2-1-3-5-10)20-14(19)15(13)11-6-7-21(17,18)9-11/h1-2,8,10-11H,3-7,9H2/b12-8-/t10-,11+/m0/s1. The number of rotatable bonds is 2. The number of allylic oxidation sites excluding steroid dienone is 3. The van der Waals surface area contributed by atoms with Crippen LogP contribution in [0.1, 0.15) is 25.7 Å². The zero-order chi connectivity index (χ0) is 15.0. The summed E-state index contributed by atoms with van der Waals surface area (Å²) in [7, 11) is -3.02. The van der Waals surface area contributed by atoms with Gasteiger partial charge < -0.3 is 0 Å². The Balaban J connectivity index is 1.76. The summed E-state index contributed by atoms with van der Waals surface area (Å²) in [5, 5.41) is 0. The summed E-state index contributed by atoms with van der Waals surface area (Å²) in [6.07, 6.45) is 9.89. The smallest absolute Gasteiger partial charge is 0.266 e. The normalized spacial score (nSPS) is 34.1. The summed E-state index contributed by atoms with van der Waals surface area (Å²) >= 11 is 6.60. The molecule has 4 nitrogen and oxygen atoms in total. The van der Waals surface area contributed by atoms with E-state index in [0.29, 0.717) is 21.6 Å². The molecular weight excluding hydrogens is 326 g/mol. The van der Waals surface area contributed by atoms with Crippen molar-refractivity contribution in [2.75, 3.05) is 11.5 Å². The van der Waals surface area contributed by atoms with Crippen LogP contribution in [0.15, 0.2) is 23.1 Å². The molecule has 0 aromatic heterocycles. The average molecular weight is 343 g/mol. The monoisotopic (exact) mass is 343 g/mol. The molecule has 2 aliphatic heterocycles. The first-order chi connectivity index (χ1) is 9.96. The molecule has 2 fully saturated rings. The summed E-state index contributed by atoms with van der Waals surface area (Å²) in [6.45, 7) is 0. The molecule has 2 heterocycles. The van der Waals surface area contributed by atoms with Crippen molar-refractivity contribution in [2.45, 2.75) is 31.7 Å². The van der Waals surface area contributed by atoms with Gasteiger partial charge in [0.1, 0.15) is 4.32 Å². The number of nitrogens with zero attached hydrogens (tertiary/aromatic N) is 1. The van der Waals surface area contributed by atoms with Crippen molar-refractivity contribution in [1.82, 2.24) is 4.90 Å². The summed E-state index contributed by atoms with van der Waals surface area (Å²) in [4.78, 5) is 14.7. The van der Waals surface area contributed by atoms with E-state index in [0.717, 1.165) is 19.3 Å². The second-order valence-corrected chi connectivity index (χ2v) is 9.58. The van der Waals surface area contributed by atoms with Crippen LogP contribution in [-0.4, -0.2) is 41.1 Å². The molecule has 0 aromatic carbocycles. The van der Waals surface area contributed by atoms with Crippen molar-refractivity contribution in [2.24, 2.45) is 5.92 Å². The van der Waals surface area contributed by atoms with Gasteiger partial charge in [0, 0.05) is 0 Å². The van der Waals surface area contributed by atoms with E-state index in [4.69, 9.17) is 12.2 Å². The van der Waals surface area contributed by atoms with Gasteiger partial charge in [0.05, 0.1) is 22.5 Å². The van der Waals surface area contributed by atoms with Crippen LogP contribution in [-0.2, 0) is 14.6 Å². The topological polar surface area (TPSA) is 54.5 Å². The zero-order valence-corrected chi connectivity index (χ0v) is 14.0. The molecule has 1 amide bonds. The minimum Gasteiger partial charge on any atom is -0.289 e. The van der Waals surface area contributed by atoms with Gasteiger partial charge in [0.2, 0.25) is 0 Å². The quantitative estimate of drug-likeness (QED) is 0.437. The van der Waals surface area contributed by atoms with Gasteiger partial charge >= 0.3 is 0 Å². The number of sulfone groups is 1. The van der Waals surface area contributed by atoms with E-state index >= 15 is 0 Å². The molecular formula is C14H17NO3S3. The Bertz CT molecular complexity index is 636. The molecule has 0 radical (unpaired) electrons. The first-order valence-electron chi connectivity index (χ1n) is 7.09. The van der Waals surface area contributed by atoms with Gasteiger partial charge in [0.25, 0.3) is 5.91 Å². The summed E-state index contributed by atoms with van der Waals surface area (Å²) in [6, 6.07) is -0.278. The molecule has 0 saturated carbocycles. The van der Waals surface area contributed by atoms with E-state index in [9.17, 15) is 13.2 Å². The lowest BCUT2D eigenvalue weighted by atomic mass is 9.94. The minimum absolute atomic E-state index is 0.0406. The van der Waals surface area contributed by atoms with Gasteiger partial charge in [-0.05, 0) is 31.6 Å². The molecule has 0 unspecified atom stereocenters. The number of hydrogen-bond donors (Lipinski definition) is 0. The Hall–Kier alpha value is -0.660. The van der Waals surface area contributed by atoms with E-state index < -0.39 is 9.84 Å². The zero-order valence-electron chi connectivity index (χ0n) is 11.5. The third-order valence-electron chi connectivity index (χ3n) is 4.09. The third-order valence-corrected chi connectivity index (χ3v) is 7.19. The van der Waals surface area contributed by atoms with Crippen molar-refractivity contribution in [3.8, 4) is 0 Å². The van der Waals surface area contributed by atoms with Crippen LogP contribution in [0.5, 0.6) is 0 Å². The van der Waals surface area contributed by atoms with Gasteiger partial charge in [-0.15, -0.1) is 0 Å². The molecule has 7 heteroatoms. The number of hydrogen-bond acceptors (Lipinski definition) is 5. The Kier molecular flexibility index (Phi) is 4.25. The maximum absolute atomic E-state index is 12.5. The SMILES string of the molecule is O=C1/C(=C/[C@H]2CC=CCC2)SC(=S)N1[C@@H]1CCS(=O)(=O)C1. The van der Waals surface area contributed by atoms with E-state index in [2.05, 4.69) is 12.2 Å². The second kappa shape index (κ2) is 5.85. The highest BCUT2D eigenvalue weighted by Gasteiger charge is 2.42. The first kappa shape index (κ1) is 15.2. The molecule has 21 heavy (non-hydrogen) atoms. The van der Waals surface area contributed by atoms with Crippen LogP contribution in [0.3, 0.4) is 0 Å². The van der Waals surface area contributed by atoms with E-state index in [1.165, 1.54) is 16.7 Å². The fraction of sp³-hybridized carbons (Fsp3) is 0.571. The lowest BCUT2D eigenvalue weighted by Crippen LogP contribution is -2.39. The lowest BCUT2D eigenvalue weighted by molar-refractivity contribution is -0.123. The maximum Gasteiger partial charge on any atom is 0.266 e. The van der Waals surface area contributed by atoms with Crippen LogP contribution in [0.25, 0.3) is 0 Å². The number of carbonyl (C=O) groups excluding carboxylic acids is 1. The highest BCUT2D eigenvalue weighted by atomic mass is 32.2. The van der Waals surface area contributed by atoms with Crippen LogP contribution in [0.2, 0.25) is 0 Å². The van der Waals surface area contributed by atoms with Gasteiger partial charge in [-0.1, -0.05) is 42.2 Å². The number of thiocarbonyl (C=S) groups is 1. The predicted molar refractivity (Wildman–Crippen MR) is 88.7 cm³/mol. The fourth-order valence-corrected chi connectivity index (χ4v) is 6.14. The van der Waals surface area contributed by atoms with Crippen molar-refractivity contribution < 1.29 is 13.2 Å². The maximum atomic E-state index is 12.5. The molecule has 0 aromatic rings. The van der Waals surface area contributed by atoms with E-state index in [1.807, 2.05) is 6.08 Å². The van der Waals surface area contributed by atoms with Crippen LogP contribution in [0, 0.1) is 5.92 Å². The average Bonchev–Trinajstić information content (AvgIpc) is 2.91. The van der Waals surface area contributed by atoms with Crippen LogP contribution in [0.4, 0.5) is 0 Å².